The average molecular weight is 480 g/mol. The van der Waals surface area contributed by atoms with Gasteiger partial charge in [-0.2, -0.15) is 39.5 Å². The van der Waals surface area contributed by atoms with Crippen molar-refractivity contribution in [1.29, 1.82) is 0 Å². The van der Waals surface area contributed by atoms with Crippen LogP contribution in [-0.4, -0.2) is 40.8 Å². The molecule has 0 atom stereocenters. The maximum Gasteiger partial charge on any atom is 0.460 e. The molecule has 0 N–H and O–H groups in total. The summed E-state index contributed by atoms with van der Waals surface area (Å²) in [7, 11) is -7.42. The van der Waals surface area contributed by atoms with Crippen LogP contribution >= 0.6 is 0 Å². The van der Waals surface area contributed by atoms with E-state index in [0.29, 0.717) is 0 Å². The van der Waals surface area contributed by atoms with Crippen molar-refractivity contribution < 1.29 is 57.1 Å². The van der Waals surface area contributed by atoms with E-state index in [4.69, 9.17) is 0 Å². The maximum atomic E-state index is 12.2. The van der Waals surface area contributed by atoms with Gasteiger partial charge < -0.3 is 4.55 Å². The van der Waals surface area contributed by atoms with Crippen LogP contribution in [0.15, 0.2) is 18.7 Å². The van der Waals surface area contributed by atoms with Gasteiger partial charge in [0.25, 0.3) is 0 Å². The normalized spacial score (nSPS) is 13.7. The number of nitrogens with zero attached hydrogens (tertiary/aromatic N) is 2. The van der Waals surface area contributed by atoms with E-state index in [1.165, 1.54) is 32.2 Å². The first-order valence-electron chi connectivity index (χ1n) is 8.57. The summed E-state index contributed by atoms with van der Waals surface area (Å²) < 4.78 is 140. The van der Waals surface area contributed by atoms with Gasteiger partial charge >= 0.3 is 23.3 Å². The van der Waals surface area contributed by atoms with Crippen molar-refractivity contribution >= 4 is 10.1 Å². The zero-order chi connectivity index (χ0) is 24.0. The molecule has 1 rings (SSSR count). The fourth-order valence-corrected chi connectivity index (χ4v) is 2.47. The molecule has 0 aliphatic carbocycles. The van der Waals surface area contributed by atoms with Crippen LogP contribution in [0.3, 0.4) is 0 Å². The van der Waals surface area contributed by atoms with Gasteiger partial charge in [-0.05, 0) is 19.3 Å². The lowest BCUT2D eigenvalue weighted by Gasteiger charge is -2.34. The Labute approximate surface area is 167 Å². The highest BCUT2D eigenvalue weighted by molar-refractivity contribution is 7.86. The van der Waals surface area contributed by atoms with E-state index in [9.17, 15) is 52.5 Å². The number of alkyl halides is 9. The van der Waals surface area contributed by atoms with Crippen LogP contribution < -0.4 is 4.57 Å². The summed E-state index contributed by atoms with van der Waals surface area (Å²) in [6.07, 6.45) is 4.54. The number of unbranched alkanes of at least 4 members (excludes halogenated alkanes) is 2. The van der Waals surface area contributed by atoms with Crippen molar-refractivity contribution in [2.45, 2.75) is 75.9 Å². The van der Waals surface area contributed by atoms with Gasteiger partial charge in [-0.1, -0.05) is 20.3 Å². The van der Waals surface area contributed by atoms with Gasteiger partial charge in [-0.15, -0.1) is 0 Å². The highest BCUT2D eigenvalue weighted by Gasteiger charge is 2.83. The van der Waals surface area contributed by atoms with Crippen molar-refractivity contribution in [1.82, 2.24) is 4.57 Å². The summed E-state index contributed by atoms with van der Waals surface area (Å²) >= 11 is 0. The molecule has 0 amide bonds. The third-order valence-corrected chi connectivity index (χ3v) is 4.56. The van der Waals surface area contributed by atoms with E-state index in [2.05, 4.69) is 41.7 Å². The van der Waals surface area contributed by atoms with Crippen LogP contribution in [0.5, 0.6) is 0 Å². The summed E-state index contributed by atoms with van der Waals surface area (Å²) in [5.74, 6) is -14.8. The SMILES string of the molecule is CCCCCn1cc[n+](CCC)c1.O=S(=O)([O-])C(F)(F)C(F)(F)C(F)(F)C(F)(F)F. The van der Waals surface area contributed by atoms with E-state index in [1.54, 1.807) is 0 Å². The lowest BCUT2D eigenvalue weighted by Crippen LogP contribution is -2.63. The molecule has 5 nitrogen and oxygen atoms in total. The molecule has 0 aliphatic rings. The zero-order valence-corrected chi connectivity index (χ0v) is 16.7. The first-order chi connectivity index (χ1) is 13.4. The van der Waals surface area contributed by atoms with Crippen LogP contribution in [0, 0.1) is 0 Å². The third kappa shape index (κ3) is 6.49. The van der Waals surface area contributed by atoms with E-state index >= 15 is 0 Å². The second-order valence-electron chi connectivity index (χ2n) is 6.21. The average Bonchev–Trinajstić information content (AvgIpc) is 3.01. The number of aromatic nitrogens is 2. The van der Waals surface area contributed by atoms with Crippen LogP contribution in [0.1, 0.15) is 39.5 Å². The molecule has 1 heterocycles. The number of aryl methyl sites for hydroxylation is 2. The first kappa shape index (κ1) is 28.5. The predicted molar refractivity (Wildman–Crippen MR) is 85.0 cm³/mol. The number of rotatable bonds is 9. The molecule has 1 aromatic heterocycles. The lowest BCUT2D eigenvalue weighted by atomic mass is 10.1. The van der Waals surface area contributed by atoms with Gasteiger partial charge in [0, 0.05) is 0 Å². The minimum Gasteiger partial charge on any atom is -0.743 e. The fourth-order valence-electron chi connectivity index (χ4n) is 2.02. The Balaban J connectivity index is 0.000000579. The molecule has 0 aliphatic heterocycles. The Kier molecular flexibility index (Phi) is 9.69. The molecule has 0 saturated heterocycles. The van der Waals surface area contributed by atoms with Gasteiger partial charge in [0.2, 0.25) is 6.33 Å². The van der Waals surface area contributed by atoms with Crippen molar-refractivity contribution in [3.05, 3.63) is 18.7 Å². The number of hydrogen-bond donors (Lipinski definition) is 0. The molecular weight excluding hydrogens is 459 g/mol. The van der Waals surface area contributed by atoms with Gasteiger partial charge in [0.15, 0.2) is 10.1 Å². The van der Waals surface area contributed by atoms with Crippen LogP contribution in [0.25, 0.3) is 0 Å². The van der Waals surface area contributed by atoms with Crippen molar-refractivity contribution in [2.75, 3.05) is 0 Å². The largest absolute Gasteiger partial charge is 0.743 e. The molecular formula is C15H21F9N2O3S. The molecule has 0 fully saturated rings. The van der Waals surface area contributed by atoms with Crippen molar-refractivity contribution in [3.8, 4) is 0 Å². The summed E-state index contributed by atoms with van der Waals surface area (Å²) in [6, 6.07) is 0. The number of halogens is 9. The second-order valence-corrected chi connectivity index (χ2v) is 7.63. The topological polar surface area (TPSA) is 66.0 Å². The monoisotopic (exact) mass is 480 g/mol. The molecule has 178 valence electrons. The van der Waals surface area contributed by atoms with Crippen LogP contribution in [0.4, 0.5) is 39.5 Å². The molecule has 0 aromatic carbocycles. The lowest BCUT2D eigenvalue weighted by molar-refractivity contribution is -0.696. The number of imidazole rings is 1. The minimum atomic E-state index is -7.43. The molecule has 0 bridgehead atoms. The van der Waals surface area contributed by atoms with Gasteiger partial charge in [-0.3, -0.25) is 0 Å². The molecule has 15 heteroatoms. The molecule has 1 aromatic rings. The molecule has 0 spiro atoms. The Bertz CT molecular complexity index is 762. The third-order valence-electron chi connectivity index (χ3n) is 3.68. The number of hydrogen-bond acceptors (Lipinski definition) is 3. The molecule has 0 radical (unpaired) electrons. The highest BCUT2D eigenvalue weighted by atomic mass is 32.2. The standard InChI is InChI=1S/C11H21N2.C4HF9O3S/c1-3-5-6-8-13-10-9-12(11-13)7-4-2;5-1(6,3(9,10)11)2(7,8)4(12,13)17(14,15)16/h9-11H,3-8H2,1-2H3;(H,14,15,16)/q+1;/p-1. The van der Waals surface area contributed by atoms with E-state index in [-0.39, 0.29) is 0 Å². The van der Waals surface area contributed by atoms with Crippen molar-refractivity contribution in [2.24, 2.45) is 0 Å². The van der Waals surface area contributed by atoms with Crippen LogP contribution in [0.2, 0.25) is 0 Å². The summed E-state index contributed by atoms with van der Waals surface area (Å²) in [6.45, 7) is 6.76. The maximum absolute atomic E-state index is 12.2. The van der Waals surface area contributed by atoms with Crippen LogP contribution in [-0.2, 0) is 23.2 Å². The predicted octanol–water partition coefficient (Wildman–Crippen LogP) is 4.33. The Morgan fingerprint density at radius 2 is 1.43 bits per heavy atom. The first-order valence-corrected chi connectivity index (χ1v) is 9.98. The van der Waals surface area contributed by atoms with Gasteiger partial charge in [0.1, 0.15) is 12.4 Å². The Morgan fingerprint density at radius 3 is 1.83 bits per heavy atom. The fraction of sp³-hybridized carbons (Fsp3) is 0.800. The Morgan fingerprint density at radius 1 is 0.900 bits per heavy atom. The zero-order valence-electron chi connectivity index (χ0n) is 15.9. The van der Waals surface area contributed by atoms with E-state index < -0.39 is 33.4 Å². The van der Waals surface area contributed by atoms with Crippen molar-refractivity contribution in [3.63, 3.8) is 0 Å². The summed E-state index contributed by atoms with van der Waals surface area (Å²) in [5.41, 5.74) is 0. The summed E-state index contributed by atoms with van der Waals surface area (Å²) in [5, 5.41) is -7.11. The van der Waals surface area contributed by atoms with E-state index in [0.717, 1.165) is 6.54 Å². The quantitative estimate of drug-likeness (QED) is 0.229. The highest BCUT2D eigenvalue weighted by Crippen LogP contribution is 2.54. The Hall–Kier alpha value is -1.51. The second kappa shape index (κ2) is 10.2. The van der Waals surface area contributed by atoms with Gasteiger partial charge in [-0.25, -0.2) is 17.6 Å². The molecule has 0 unspecified atom stereocenters. The molecule has 30 heavy (non-hydrogen) atoms. The van der Waals surface area contributed by atoms with Gasteiger partial charge in [0.05, 0.1) is 13.1 Å². The summed E-state index contributed by atoms with van der Waals surface area (Å²) in [4.78, 5) is 0. The van der Waals surface area contributed by atoms with E-state index in [1.807, 2.05) is 0 Å². The molecule has 0 saturated carbocycles. The smallest absolute Gasteiger partial charge is 0.460 e. The minimum absolute atomic E-state index is 1.14.